The van der Waals surface area contributed by atoms with Gasteiger partial charge in [-0.15, -0.1) is 12.4 Å². The molecule has 0 unspecified atom stereocenters. The summed E-state index contributed by atoms with van der Waals surface area (Å²) in [4.78, 5) is 18.1. The molecule has 7 heteroatoms. The van der Waals surface area contributed by atoms with Crippen molar-refractivity contribution in [1.29, 1.82) is 0 Å². The number of para-hydroxylation sites is 1. The fraction of sp³-hybridized carbons (Fsp3) is 0.0588. The highest BCUT2D eigenvalue weighted by Crippen LogP contribution is 2.26. The number of nitrogens with zero attached hydrogens (tertiary/aromatic N) is 1. The molecule has 3 aromatic rings. The van der Waals surface area contributed by atoms with Crippen LogP contribution in [0.25, 0.3) is 10.9 Å². The Hall–Kier alpha value is -2.83. The first-order valence-corrected chi connectivity index (χ1v) is 6.98. The summed E-state index contributed by atoms with van der Waals surface area (Å²) in [6.45, 7) is 0. The summed E-state index contributed by atoms with van der Waals surface area (Å²) in [5, 5.41) is 19.8. The molecule has 1 aromatic heterocycles. The molecule has 2 aromatic carbocycles. The van der Waals surface area contributed by atoms with E-state index in [1.807, 2.05) is 24.3 Å². The minimum Gasteiger partial charge on any atom is -0.494 e. The Morgan fingerprint density at radius 2 is 1.96 bits per heavy atom. The third-order valence-electron chi connectivity index (χ3n) is 3.56. The van der Waals surface area contributed by atoms with Gasteiger partial charge in [0.15, 0.2) is 5.88 Å². The minimum atomic E-state index is -1.10. The van der Waals surface area contributed by atoms with Crippen LogP contribution < -0.4 is 5.73 Å². The van der Waals surface area contributed by atoms with Crippen LogP contribution in [0, 0.1) is 0 Å². The van der Waals surface area contributed by atoms with Gasteiger partial charge in [-0.05, 0) is 23.8 Å². The number of hydrogen-bond donors (Lipinski definition) is 4. The second-order valence-corrected chi connectivity index (χ2v) is 5.10. The molecule has 6 nitrogen and oxygen atoms in total. The van der Waals surface area contributed by atoms with E-state index in [0.29, 0.717) is 16.8 Å². The van der Waals surface area contributed by atoms with E-state index in [4.69, 9.17) is 10.8 Å². The van der Waals surface area contributed by atoms with Gasteiger partial charge in [0.1, 0.15) is 6.04 Å². The van der Waals surface area contributed by atoms with Gasteiger partial charge in [0.2, 0.25) is 0 Å². The van der Waals surface area contributed by atoms with Crippen molar-refractivity contribution in [2.45, 2.75) is 6.04 Å². The molecule has 0 saturated carbocycles. The van der Waals surface area contributed by atoms with Gasteiger partial charge in [-0.1, -0.05) is 30.3 Å². The van der Waals surface area contributed by atoms with Crippen molar-refractivity contribution in [3.8, 4) is 5.88 Å². The topological polar surface area (TPSA) is 112 Å². The van der Waals surface area contributed by atoms with Crippen molar-refractivity contribution >= 4 is 41.2 Å². The molecule has 0 aliphatic heterocycles. The minimum absolute atomic E-state index is 0. The Morgan fingerprint density at radius 3 is 2.71 bits per heavy atom. The lowest BCUT2D eigenvalue weighted by atomic mass is 10.1. The molecular formula is C17H16ClN3O3. The van der Waals surface area contributed by atoms with Crippen LogP contribution in [0.5, 0.6) is 5.88 Å². The largest absolute Gasteiger partial charge is 0.494 e. The molecule has 0 bridgehead atoms. The third-order valence-corrected chi connectivity index (χ3v) is 3.56. The number of fused-ring (bicyclic) bond motifs is 1. The van der Waals surface area contributed by atoms with Gasteiger partial charge < -0.3 is 20.9 Å². The van der Waals surface area contributed by atoms with Crippen molar-refractivity contribution in [3.05, 3.63) is 59.7 Å². The summed E-state index contributed by atoms with van der Waals surface area (Å²) in [5.74, 6) is -1.06. The predicted molar refractivity (Wildman–Crippen MR) is 95.5 cm³/mol. The van der Waals surface area contributed by atoms with Crippen molar-refractivity contribution in [2.24, 2.45) is 10.7 Å². The van der Waals surface area contributed by atoms with Crippen molar-refractivity contribution in [1.82, 2.24) is 4.98 Å². The summed E-state index contributed by atoms with van der Waals surface area (Å²) in [7, 11) is 0. The van der Waals surface area contributed by atoms with Crippen LogP contribution in [0.3, 0.4) is 0 Å². The number of aromatic hydroxyl groups is 1. The first-order chi connectivity index (χ1) is 11.1. The summed E-state index contributed by atoms with van der Waals surface area (Å²) in [5.41, 5.74) is 8.02. The van der Waals surface area contributed by atoms with Gasteiger partial charge >= 0.3 is 5.97 Å². The number of aliphatic carboxylic acids is 1. The zero-order valence-corrected chi connectivity index (χ0v) is 13.3. The van der Waals surface area contributed by atoms with Crippen LogP contribution in [-0.2, 0) is 4.79 Å². The number of rotatable bonds is 4. The Labute approximate surface area is 144 Å². The highest BCUT2D eigenvalue weighted by molar-refractivity contribution is 6.02. The monoisotopic (exact) mass is 345 g/mol. The lowest BCUT2D eigenvalue weighted by molar-refractivity contribution is -0.138. The molecule has 0 saturated heterocycles. The number of benzene rings is 2. The Morgan fingerprint density at radius 1 is 1.21 bits per heavy atom. The molecule has 5 N–H and O–H groups in total. The fourth-order valence-corrected chi connectivity index (χ4v) is 2.36. The molecule has 24 heavy (non-hydrogen) atoms. The number of H-pyrrole nitrogens is 1. The van der Waals surface area contributed by atoms with Crippen molar-refractivity contribution in [3.63, 3.8) is 0 Å². The molecule has 0 radical (unpaired) electrons. The lowest BCUT2D eigenvalue weighted by Crippen LogP contribution is -2.20. The summed E-state index contributed by atoms with van der Waals surface area (Å²) in [6, 6.07) is 13.1. The van der Waals surface area contributed by atoms with Crippen LogP contribution in [0.15, 0.2) is 53.5 Å². The van der Waals surface area contributed by atoms with E-state index >= 15 is 0 Å². The number of halogens is 1. The van der Waals surface area contributed by atoms with Gasteiger partial charge in [-0.25, -0.2) is 0 Å². The van der Waals surface area contributed by atoms with E-state index in [2.05, 4.69) is 9.98 Å². The molecule has 0 fully saturated rings. The van der Waals surface area contributed by atoms with Gasteiger partial charge in [-0.2, -0.15) is 0 Å². The number of carbonyl (C=O) groups is 1. The predicted octanol–water partition coefficient (Wildman–Crippen LogP) is 3.13. The highest BCUT2D eigenvalue weighted by atomic mass is 35.5. The normalized spacial score (nSPS) is 12.2. The number of aliphatic imine (C=N–C) groups is 1. The Kier molecular flexibility index (Phi) is 5.23. The van der Waals surface area contributed by atoms with Gasteiger partial charge in [0, 0.05) is 17.1 Å². The lowest BCUT2D eigenvalue weighted by Gasteiger charge is -2.06. The second kappa shape index (κ2) is 7.16. The molecule has 0 aliphatic rings. The maximum absolute atomic E-state index is 10.9. The van der Waals surface area contributed by atoms with E-state index in [1.165, 1.54) is 0 Å². The van der Waals surface area contributed by atoms with Gasteiger partial charge in [0.05, 0.1) is 11.3 Å². The quantitative estimate of drug-likeness (QED) is 0.544. The number of nitrogens with two attached hydrogens (primary N) is 1. The smallest absolute Gasteiger partial charge is 0.325 e. The second-order valence-electron chi connectivity index (χ2n) is 5.10. The van der Waals surface area contributed by atoms with Gasteiger partial charge in [0.25, 0.3) is 0 Å². The van der Waals surface area contributed by atoms with E-state index in [9.17, 15) is 9.90 Å². The van der Waals surface area contributed by atoms with E-state index in [0.717, 1.165) is 10.9 Å². The molecule has 0 spiro atoms. The number of hydrogen-bond acceptors (Lipinski definition) is 4. The van der Waals surface area contributed by atoms with E-state index in [1.54, 1.807) is 30.5 Å². The Balaban J connectivity index is 0.00000208. The van der Waals surface area contributed by atoms with Crippen LogP contribution in [0.4, 0.5) is 5.69 Å². The van der Waals surface area contributed by atoms with Crippen LogP contribution in [-0.4, -0.2) is 27.4 Å². The average molecular weight is 346 g/mol. The van der Waals surface area contributed by atoms with Crippen LogP contribution in [0.1, 0.15) is 17.2 Å². The number of aromatic amines is 1. The maximum Gasteiger partial charge on any atom is 0.325 e. The molecule has 0 aliphatic carbocycles. The van der Waals surface area contributed by atoms with Crippen molar-refractivity contribution in [2.75, 3.05) is 0 Å². The Bertz CT molecular complexity index is 905. The number of nitrogens with one attached hydrogen (secondary N) is 1. The zero-order valence-electron chi connectivity index (χ0n) is 12.5. The summed E-state index contributed by atoms with van der Waals surface area (Å²) < 4.78 is 0. The maximum atomic E-state index is 10.9. The molecule has 1 atom stereocenters. The number of carboxylic acids is 1. The summed E-state index contributed by atoms with van der Waals surface area (Å²) in [6.07, 6.45) is 1.54. The van der Waals surface area contributed by atoms with Crippen molar-refractivity contribution < 1.29 is 15.0 Å². The molecular weight excluding hydrogens is 330 g/mol. The zero-order chi connectivity index (χ0) is 16.4. The average Bonchev–Trinajstić information content (AvgIpc) is 2.87. The molecule has 1 heterocycles. The van der Waals surface area contributed by atoms with Gasteiger partial charge in [-0.3, -0.25) is 9.79 Å². The SMILES string of the molecule is Cl.N[C@H](C(=O)O)c1cccc(N=Cc2c(O)[nH]c3ccccc23)c1. The fourth-order valence-electron chi connectivity index (χ4n) is 2.36. The molecule has 3 rings (SSSR count). The van der Waals surface area contributed by atoms with Crippen LogP contribution in [0.2, 0.25) is 0 Å². The number of aromatic nitrogens is 1. The standard InChI is InChI=1S/C17H15N3O3.ClH/c18-15(17(22)23)10-4-3-5-11(8-10)19-9-13-12-6-1-2-7-14(12)20-16(13)21;/h1-9,15,20-21H,18H2,(H,22,23);1H/t15-;/m0./s1. The van der Waals surface area contributed by atoms with E-state index < -0.39 is 12.0 Å². The molecule has 0 amide bonds. The first-order valence-electron chi connectivity index (χ1n) is 6.98. The van der Waals surface area contributed by atoms with E-state index in [-0.39, 0.29) is 18.3 Å². The molecule has 124 valence electrons. The third kappa shape index (κ3) is 3.40. The van der Waals surface area contributed by atoms with Crippen LogP contribution >= 0.6 is 12.4 Å². The highest BCUT2D eigenvalue weighted by Gasteiger charge is 2.14. The first kappa shape index (κ1) is 17.5. The number of carboxylic acid groups (broad SMARTS) is 1. The summed E-state index contributed by atoms with van der Waals surface area (Å²) >= 11 is 0.